The van der Waals surface area contributed by atoms with Crippen LogP contribution in [0.15, 0.2) is 145 Å². The van der Waals surface area contributed by atoms with E-state index in [0.29, 0.717) is 0 Å². The van der Waals surface area contributed by atoms with Gasteiger partial charge < -0.3 is 10.6 Å². The van der Waals surface area contributed by atoms with Crippen molar-refractivity contribution >= 4 is 56.7 Å². The van der Waals surface area contributed by atoms with E-state index < -0.39 is 10.0 Å². The predicted molar refractivity (Wildman–Crippen MR) is 226 cm³/mol. The van der Waals surface area contributed by atoms with E-state index in [1.54, 1.807) is 0 Å². The third kappa shape index (κ3) is 4.95. The fraction of sp³-hybridized carbons (Fsp3) is 0.149. The number of fused-ring (bicyclic) bond motifs is 9. The number of para-hydroxylation sites is 1. The Hall–Kier alpha value is -5.19. The highest BCUT2D eigenvalue weighted by atomic mass is 32.3. The van der Waals surface area contributed by atoms with Gasteiger partial charge in [0, 0.05) is 38.5 Å². The van der Waals surface area contributed by atoms with Gasteiger partial charge in [-0.15, -0.1) is 0 Å². The molecule has 0 saturated carbocycles. The summed E-state index contributed by atoms with van der Waals surface area (Å²) in [5, 5.41) is 2.27. The van der Waals surface area contributed by atoms with Crippen molar-refractivity contribution in [2.45, 2.75) is 31.1 Å². The summed E-state index contributed by atoms with van der Waals surface area (Å²) in [5.74, 6) is 0. The van der Waals surface area contributed by atoms with Crippen molar-refractivity contribution in [1.82, 2.24) is 0 Å². The Kier molecular flexibility index (Phi) is 7.74. The molecule has 250 valence electrons. The first-order valence-electron chi connectivity index (χ1n) is 17.5. The summed E-state index contributed by atoms with van der Waals surface area (Å²) in [6, 6.07) is 39.4. The Bertz CT molecular complexity index is 2490. The minimum Gasteiger partial charge on any atom is -0.398 e. The maximum Gasteiger partial charge on any atom is 0.117 e. The molecule has 8 rings (SSSR count). The van der Waals surface area contributed by atoms with E-state index in [-0.39, 0.29) is 5.41 Å². The lowest BCUT2D eigenvalue weighted by Crippen LogP contribution is -2.29. The topological polar surface area (TPSA) is 29.3 Å². The smallest absolute Gasteiger partial charge is 0.117 e. The first-order chi connectivity index (χ1) is 24.4. The number of rotatable bonds is 5. The van der Waals surface area contributed by atoms with Gasteiger partial charge in [0.1, 0.15) is 7.85 Å². The largest absolute Gasteiger partial charge is 0.398 e. The van der Waals surface area contributed by atoms with Crippen LogP contribution in [0.25, 0.3) is 49.7 Å². The van der Waals surface area contributed by atoms with Crippen molar-refractivity contribution in [3.63, 3.8) is 0 Å². The average Bonchev–Trinajstić information content (AvgIpc) is 3.34. The second-order valence-corrected chi connectivity index (χ2v) is 19.1. The zero-order valence-corrected chi connectivity index (χ0v) is 31.2. The molecule has 0 atom stereocenters. The number of hydrogen-bond acceptors (Lipinski definition) is 2. The van der Waals surface area contributed by atoms with Gasteiger partial charge in [-0.25, -0.2) is 10.0 Å². The van der Waals surface area contributed by atoms with Crippen LogP contribution in [-0.2, 0) is 5.41 Å². The minimum absolute atomic E-state index is 0.285. The highest BCUT2D eigenvalue weighted by Crippen LogP contribution is 2.58. The molecule has 1 aliphatic carbocycles. The lowest BCUT2D eigenvalue weighted by atomic mass is 9.71. The molecule has 0 amide bonds. The molecular weight excluding hydrogens is 635 g/mol. The van der Waals surface area contributed by atoms with Crippen LogP contribution in [0.3, 0.4) is 0 Å². The average molecular weight is 679 g/mol. The first-order valence-corrected chi connectivity index (χ1v) is 20.4. The molecule has 1 aliphatic heterocycles. The van der Waals surface area contributed by atoms with Gasteiger partial charge in [0.05, 0.1) is 5.69 Å². The molecule has 2 radical (unpaired) electrons. The summed E-state index contributed by atoms with van der Waals surface area (Å²) in [6.07, 6.45) is 13.2. The monoisotopic (exact) mass is 678 g/mol. The highest BCUT2D eigenvalue weighted by molar-refractivity contribution is 8.32. The molecule has 0 unspecified atom stereocenters. The molecule has 0 saturated heterocycles. The molecular formula is C47H43BN2S. The summed E-state index contributed by atoms with van der Waals surface area (Å²) in [5.41, 5.74) is 23.0. The summed E-state index contributed by atoms with van der Waals surface area (Å²) >= 11 is 0. The van der Waals surface area contributed by atoms with E-state index in [1.165, 1.54) is 27.1 Å². The summed E-state index contributed by atoms with van der Waals surface area (Å²) in [7, 11) is 6.50. The summed E-state index contributed by atoms with van der Waals surface area (Å²) < 4.78 is 0. The number of nitrogen functional groups attached to an aromatic ring is 1. The Labute approximate surface area is 305 Å². The van der Waals surface area contributed by atoms with Gasteiger partial charge in [-0.05, 0) is 105 Å². The normalized spacial score (nSPS) is 16.4. The van der Waals surface area contributed by atoms with E-state index in [4.69, 9.17) is 13.6 Å². The molecule has 6 aromatic rings. The van der Waals surface area contributed by atoms with E-state index in [2.05, 4.69) is 166 Å². The lowest BCUT2D eigenvalue weighted by Gasteiger charge is -2.39. The fourth-order valence-corrected chi connectivity index (χ4v) is 9.85. The molecule has 2 nitrogen and oxygen atoms in total. The van der Waals surface area contributed by atoms with Crippen LogP contribution < -0.4 is 16.1 Å². The molecule has 2 bridgehead atoms. The second-order valence-electron chi connectivity index (χ2n) is 15.0. The Morgan fingerprint density at radius 3 is 2.16 bits per heavy atom. The SMILES string of the molecule is [B]c1c2cc3c(c1-c1cccc(-c4c(N)ccc5ccccc45)c1C(/C=C\C=C)=C(/C)N2c1ccccc1S(C)(C)C)C(C)(C)c1ccccc1-3. The van der Waals surface area contributed by atoms with Crippen LogP contribution in [0.5, 0.6) is 0 Å². The molecule has 0 fully saturated rings. The quantitative estimate of drug-likeness (QED) is 0.112. The van der Waals surface area contributed by atoms with Gasteiger partial charge in [-0.2, -0.15) is 0 Å². The van der Waals surface area contributed by atoms with Crippen molar-refractivity contribution in [2.75, 3.05) is 29.4 Å². The van der Waals surface area contributed by atoms with Crippen LogP contribution >= 0.6 is 10.0 Å². The number of hydrogen-bond donors (Lipinski definition) is 1. The Morgan fingerprint density at radius 1 is 0.725 bits per heavy atom. The van der Waals surface area contributed by atoms with Gasteiger partial charge in [0.15, 0.2) is 0 Å². The number of allylic oxidation sites excluding steroid dienone is 5. The number of nitrogens with two attached hydrogens (primary N) is 1. The highest BCUT2D eigenvalue weighted by Gasteiger charge is 2.41. The van der Waals surface area contributed by atoms with Crippen LogP contribution in [0.1, 0.15) is 37.5 Å². The lowest BCUT2D eigenvalue weighted by molar-refractivity contribution is 0.662. The van der Waals surface area contributed by atoms with Gasteiger partial charge in [0.25, 0.3) is 0 Å². The van der Waals surface area contributed by atoms with Crippen molar-refractivity contribution in [1.29, 1.82) is 0 Å². The van der Waals surface area contributed by atoms with Crippen molar-refractivity contribution in [2.24, 2.45) is 0 Å². The van der Waals surface area contributed by atoms with Crippen molar-refractivity contribution < 1.29 is 0 Å². The Balaban J connectivity index is 1.62. The maximum absolute atomic E-state index is 7.65. The van der Waals surface area contributed by atoms with Gasteiger partial charge in [-0.1, -0.05) is 129 Å². The summed E-state index contributed by atoms with van der Waals surface area (Å²) in [4.78, 5) is 3.75. The molecule has 51 heavy (non-hydrogen) atoms. The van der Waals surface area contributed by atoms with Gasteiger partial charge in [0.2, 0.25) is 0 Å². The number of nitrogens with zero attached hydrogens (tertiary/aromatic N) is 1. The van der Waals surface area contributed by atoms with E-state index in [1.807, 2.05) is 12.1 Å². The molecule has 2 aliphatic rings. The van der Waals surface area contributed by atoms with Crippen molar-refractivity contribution in [3.05, 3.63) is 156 Å². The first kappa shape index (κ1) is 33.0. The van der Waals surface area contributed by atoms with Crippen LogP contribution in [0.4, 0.5) is 17.1 Å². The molecule has 4 heteroatoms. The third-order valence-corrected chi connectivity index (χ3v) is 12.5. The standard InChI is InChI=1S/C47H43BN2S/c1-8-9-18-31-29(2)50(39-24-14-15-25-41(39)51(5,6)7)40-28-36-33-20-12-13-23-37(33)47(3,4)45(36)44(46(40)48)35-22-16-21-34(42(31)35)43-32-19-11-10-17-30(32)26-27-38(43)49/h8-28H,1,49H2,2-7H3/b18-9-,31-29-. The molecule has 1 heterocycles. The molecule has 2 N–H and O–H groups in total. The Morgan fingerprint density at radius 2 is 1.39 bits per heavy atom. The summed E-state index contributed by atoms with van der Waals surface area (Å²) in [6.45, 7) is 11.0. The van der Waals surface area contributed by atoms with E-state index in [0.717, 1.165) is 72.4 Å². The van der Waals surface area contributed by atoms with Crippen molar-refractivity contribution in [3.8, 4) is 33.4 Å². The number of benzene rings is 6. The zero-order valence-electron chi connectivity index (χ0n) is 30.3. The van der Waals surface area contributed by atoms with Gasteiger partial charge >= 0.3 is 0 Å². The molecule has 6 aromatic carbocycles. The van der Waals surface area contributed by atoms with Gasteiger partial charge in [-0.3, -0.25) is 0 Å². The second kappa shape index (κ2) is 12.0. The zero-order chi connectivity index (χ0) is 35.8. The van der Waals surface area contributed by atoms with Crippen LogP contribution in [-0.4, -0.2) is 26.6 Å². The fourth-order valence-electron chi connectivity index (χ4n) is 8.58. The maximum atomic E-state index is 7.65. The van der Waals surface area contributed by atoms with Crippen LogP contribution in [0, 0.1) is 0 Å². The van der Waals surface area contributed by atoms with Crippen LogP contribution in [0.2, 0.25) is 0 Å². The van der Waals surface area contributed by atoms with E-state index >= 15 is 0 Å². The predicted octanol–water partition coefficient (Wildman–Crippen LogP) is 11.5. The minimum atomic E-state index is -1.14. The molecule has 0 spiro atoms. The third-order valence-electron chi connectivity index (χ3n) is 10.8. The van der Waals surface area contributed by atoms with E-state index in [9.17, 15) is 0 Å². The number of anilines is 3. The molecule has 0 aromatic heterocycles.